The van der Waals surface area contributed by atoms with E-state index in [-0.39, 0.29) is 6.10 Å². The molecule has 2 fully saturated rings. The number of nitrogens with zero attached hydrogens (tertiary/aromatic N) is 3. The molecular weight excluding hydrogens is 510 g/mol. The van der Waals surface area contributed by atoms with Gasteiger partial charge in [-0.05, 0) is 55.9 Å². The summed E-state index contributed by atoms with van der Waals surface area (Å²) in [6.07, 6.45) is 4.15. The van der Waals surface area contributed by atoms with Gasteiger partial charge in [0.15, 0.2) is 16.7 Å². The maximum absolute atomic E-state index is 13.4. The molecule has 0 amide bonds. The van der Waals surface area contributed by atoms with Gasteiger partial charge in [-0.1, -0.05) is 30.8 Å². The molecule has 3 aromatic rings. The summed E-state index contributed by atoms with van der Waals surface area (Å²) >= 11 is 1.60. The van der Waals surface area contributed by atoms with Crippen molar-refractivity contribution in [1.29, 1.82) is 0 Å². The van der Waals surface area contributed by atoms with Gasteiger partial charge in [0.2, 0.25) is 10.0 Å². The van der Waals surface area contributed by atoms with Gasteiger partial charge in [0.25, 0.3) is 0 Å². The zero-order valence-electron chi connectivity index (χ0n) is 21.7. The number of sulfonamides is 1. The van der Waals surface area contributed by atoms with Gasteiger partial charge in [-0.3, -0.25) is 0 Å². The Morgan fingerprint density at radius 1 is 1.14 bits per heavy atom. The second kappa shape index (κ2) is 11.2. The summed E-state index contributed by atoms with van der Waals surface area (Å²) < 4.78 is 47.7. The molecular formula is C27H35N3O5S2. The van der Waals surface area contributed by atoms with Gasteiger partial charge >= 0.3 is 0 Å². The molecule has 3 heterocycles. The van der Waals surface area contributed by atoms with E-state index in [0.717, 1.165) is 48.5 Å². The smallest absolute Gasteiger partial charge is 0.243 e. The van der Waals surface area contributed by atoms with Gasteiger partial charge in [-0.2, -0.15) is 4.31 Å². The Kier molecular flexibility index (Phi) is 7.99. The number of fused-ring (bicyclic) bond motifs is 1. The van der Waals surface area contributed by atoms with E-state index < -0.39 is 10.0 Å². The zero-order chi connectivity index (χ0) is 26.0. The lowest BCUT2D eigenvalue weighted by atomic mass is 10.0. The molecule has 0 N–H and O–H groups in total. The fraction of sp³-hybridized carbons (Fsp3) is 0.519. The van der Waals surface area contributed by atoms with Crippen molar-refractivity contribution in [1.82, 2.24) is 13.9 Å². The van der Waals surface area contributed by atoms with E-state index in [2.05, 4.69) is 11.5 Å². The number of piperidine rings is 1. The normalized spacial score (nSPS) is 20.9. The highest BCUT2D eigenvalue weighted by Crippen LogP contribution is 2.36. The molecule has 10 heteroatoms. The van der Waals surface area contributed by atoms with Crippen LogP contribution in [-0.4, -0.2) is 62.3 Å². The highest BCUT2D eigenvalue weighted by Gasteiger charge is 2.29. The van der Waals surface area contributed by atoms with Crippen LogP contribution in [0.5, 0.6) is 11.5 Å². The van der Waals surface area contributed by atoms with Gasteiger partial charge in [-0.25, -0.2) is 13.4 Å². The largest absolute Gasteiger partial charge is 0.493 e. The predicted molar refractivity (Wildman–Crippen MR) is 145 cm³/mol. The predicted octanol–water partition coefficient (Wildman–Crippen LogP) is 4.95. The highest BCUT2D eigenvalue weighted by molar-refractivity contribution is 7.98. The van der Waals surface area contributed by atoms with Crippen LogP contribution in [0.3, 0.4) is 0 Å². The molecule has 37 heavy (non-hydrogen) atoms. The van der Waals surface area contributed by atoms with Crippen LogP contribution in [-0.2, 0) is 27.1 Å². The van der Waals surface area contributed by atoms with Crippen LogP contribution in [0.1, 0.15) is 38.2 Å². The standard InChI is InChI=1S/C27H35N3O5S2/c1-19-7-5-13-29(16-19)37(31,32)22-11-12-24-23(15-22)28-27(30(24)17-21-9-6-14-35-21)36-18-20-8-4-10-25(33-2)26(20)34-3/h4,8,10-12,15,19,21H,5-7,9,13-14,16-18H2,1-3H3/t19-,21-/m0/s1. The Morgan fingerprint density at radius 3 is 2.73 bits per heavy atom. The molecule has 0 bridgehead atoms. The summed E-state index contributed by atoms with van der Waals surface area (Å²) in [6, 6.07) is 11.2. The number of imidazole rings is 1. The van der Waals surface area contributed by atoms with Crippen LogP contribution >= 0.6 is 11.8 Å². The second-order valence-corrected chi connectivity index (χ2v) is 12.7. The van der Waals surface area contributed by atoms with Crippen LogP contribution in [0.2, 0.25) is 0 Å². The number of thioether (sulfide) groups is 1. The van der Waals surface area contributed by atoms with E-state index in [1.807, 2.05) is 24.3 Å². The number of hydrogen-bond acceptors (Lipinski definition) is 7. The molecule has 0 spiro atoms. The molecule has 1 aromatic heterocycles. The second-order valence-electron chi connectivity index (χ2n) is 9.84. The lowest BCUT2D eigenvalue weighted by molar-refractivity contribution is 0.0960. The summed E-state index contributed by atoms with van der Waals surface area (Å²) in [4.78, 5) is 5.22. The number of benzene rings is 2. The molecule has 0 unspecified atom stereocenters. The third kappa shape index (κ3) is 5.48. The molecule has 5 rings (SSSR count). The highest BCUT2D eigenvalue weighted by atomic mass is 32.2. The fourth-order valence-corrected chi connectivity index (χ4v) is 7.87. The average molecular weight is 546 g/mol. The fourth-order valence-electron chi connectivity index (χ4n) is 5.25. The van der Waals surface area contributed by atoms with Crippen LogP contribution in [0.25, 0.3) is 11.0 Å². The summed E-state index contributed by atoms with van der Waals surface area (Å²) in [5.74, 6) is 2.40. The summed E-state index contributed by atoms with van der Waals surface area (Å²) in [6.45, 7) is 4.71. The maximum Gasteiger partial charge on any atom is 0.243 e. The van der Waals surface area contributed by atoms with Crippen molar-refractivity contribution in [3.63, 3.8) is 0 Å². The van der Waals surface area contributed by atoms with Crippen molar-refractivity contribution in [3.05, 3.63) is 42.0 Å². The Hall–Kier alpha value is -2.27. The molecule has 2 atom stereocenters. The number of aromatic nitrogens is 2. The van der Waals surface area contributed by atoms with Crippen molar-refractivity contribution in [3.8, 4) is 11.5 Å². The number of ether oxygens (including phenoxy) is 3. The van der Waals surface area contributed by atoms with Crippen LogP contribution < -0.4 is 9.47 Å². The van der Waals surface area contributed by atoms with Crippen molar-refractivity contribution in [2.24, 2.45) is 5.92 Å². The van der Waals surface area contributed by atoms with E-state index in [9.17, 15) is 8.42 Å². The minimum absolute atomic E-state index is 0.126. The number of methoxy groups -OCH3 is 2. The van der Waals surface area contributed by atoms with Crippen LogP contribution in [0.15, 0.2) is 46.5 Å². The molecule has 2 aromatic carbocycles. The third-order valence-corrected chi connectivity index (χ3v) is 10.1. The minimum Gasteiger partial charge on any atom is -0.493 e. The third-order valence-electron chi connectivity index (χ3n) is 7.19. The van der Waals surface area contributed by atoms with Crippen molar-refractivity contribution >= 4 is 32.8 Å². The van der Waals surface area contributed by atoms with Crippen molar-refractivity contribution in [2.45, 2.75) is 61.1 Å². The topological polar surface area (TPSA) is 82.9 Å². The van der Waals surface area contributed by atoms with Crippen molar-refractivity contribution < 1.29 is 22.6 Å². The van der Waals surface area contributed by atoms with Gasteiger partial charge in [0, 0.05) is 31.0 Å². The summed E-state index contributed by atoms with van der Waals surface area (Å²) in [5, 5.41) is 0.830. The van der Waals surface area contributed by atoms with Gasteiger partial charge in [0.1, 0.15) is 0 Å². The quantitative estimate of drug-likeness (QED) is 0.352. The Labute approximate surface area is 223 Å². The van der Waals surface area contributed by atoms with Gasteiger partial charge in [0.05, 0.1) is 42.8 Å². The Bertz CT molecular complexity index is 1350. The number of para-hydroxylation sites is 1. The van der Waals surface area contributed by atoms with E-state index >= 15 is 0 Å². The van der Waals surface area contributed by atoms with Crippen molar-refractivity contribution in [2.75, 3.05) is 33.9 Å². The first-order chi connectivity index (χ1) is 17.9. The Balaban J connectivity index is 1.48. The molecule has 0 saturated carbocycles. The molecule has 0 aliphatic carbocycles. The Morgan fingerprint density at radius 2 is 2.00 bits per heavy atom. The van der Waals surface area contributed by atoms with E-state index in [1.54, 1.807) is 42.4 Å². The number of rotatable bonds is 9. The molecule has 2 aliphatic heterocycles. The van der Waals surface area contributed by atoms with Gasteiger partial charge in [-0.15, -0.1) is 0 Å². The summed E-state index contributed by atoms with van der Waals surface area (Å²) in [7, 11) is -0.289. The number of hydrogen-bond donors (Lipinski definition) is 0. The minimum atomic E-state index is -3.56. The molecule has 8 nitrogen and oxygen atoms in total. The van der Waals surface area contributed by atoms with E-state index in [0.29, 0.717) is 53.2 Å². The molecule has 0 radical (unpaired) electrons. The monoisotopic (exact) mass is 545 g/mol. The lowest BCUT2D eigenvalue weighted by Gasteiger charge is -2.30. The molecule has 2 saturated heterocycles. The lowest BCUT2D eigenvalue weighted by Crippen LogP contribution is -2.39. The average Bonchev–Trinajstić information content (AvgIpc) is 3.55. The zero-order valence-corrected chi connectivity index (χ0v) is 23.3. The van der Waals surface area contributed by atoms with Crippen LogP contribution in [0.4, 0.5) is 0 Å². The molecule has 2 aliphatic rings. The first-order valence-corrected chi connectivity index (χ1v) is 15.3. The first kappa shape index (κ1) is 26.3. The summed E-state index contributed by atoms with van der Waals surface area (Å²) in [5.41, 5.74) is 2.61. The van der Waals surface area contributed by atoms with Crippen LogP contribution in [0, 0.1) is 5.92 Å². The van der Waals surface area contributed by atoms with E-state index in [4.69, 9.17) is 19.2 Å². The van der Waals surface area contributed by atoms with Gasteiger partial charge < -0.3 is 18.8 Å². The van der Waals surface area contributed by atoms with E-state index in [1.165, 1.54) is 0 Å². The maximum atomic E-state index is 13.4. The first-order valence-electron chi connectivity index (χ1n) is 12.9. The SMILES string of the molecule is COc1cccc(CSc2nc3cc(S(=O)(=O)N4CCC[C@H](C)C4)ccc3n2C[C@@H]2CCCO2)c1OC. The molecule has 200 valence electrons.